The summed E-state index contributed by atoms with van der Waals surface area (Å²) < 4.78 is 11.0. The molecule has 1 saturated heterocycles. The summed E-state index contributed by atoms with van der Waals surface area (Å²) in [6, 6.07) is 3.28. The lowest BCUT2D eigenvalue weighted by atomic mass is 10.1. The molecule has 1 saturated carbocycles. The van der Waals surface area contributed by atoms with Gasteiger partial charge in [-0.15, -0.1) is 10.2 Å². The van der Waals surface area contributed by atoms with Gasteiger partial charge in [0.15, 0.2) is 5.76 Å². The molecule has 4 rings (SSSR count). The van der Waals surface area contributed by atoms with Crippen LogP contribution >= 0.6 is 0 Å². The molecular formula is C24H37N7O4. The molecule has 1 aliphatic carbocycles. The van der Waals surface area contributed by atoms with E-state index in [1.807, 2.05) is 19.9 Å². The van der Waals surface area contributed by atoms with E-state index in [4.69, 9.17) is 9.15 Å². The Bertz CT molecular complexity index is 963. The van der Waals surface area contributed by atoms with Crippen molar-refractivity contribution >= 4 is 11.8 Å². The Labute approximate surface area is 206 Å². The van der Waals surface area contributed by atoms with E-state index >= 15 is 0 Å². The molecule has 11 heteroatoms. The van der Waals surface area contributed by atoms with E-state index in [1.165, 1.54) is 4.80 Å². The summed E-state index contributed by atoms with van der Waals surface area (Å²) >= 11 is 0. The third-order valence-corrected chi connectivity index (χ3v) is 6.71. The first-order chi connectivity index (χ1) is 17.0. The zero-order chi connectivity index (χ0) is 24.6. The van der Waals surface area contributed by atoms with Crippen molar-refractivity contribution in [2.75, 3.05) is 39.4 Å². The first kappa shape index (κ1) is 25.3. The quantitative estimate of drug-likeness (QED) is 0.508. The van der Waals surface area contributed by atoms with Crippen LogP contribution in [0.25, 0.3) is 11.6 Å². The number of aromatic nitrogens is 4. The molecule has 2 aromatic rings. The van der Waals surface area contributed by atoms with E-state index in [-0.39, 0.29) is 24.4 Å². The number of tetrazole rings is 1. The van der Waals surface area contributed by atoms with E-state index in [9.17, 15) is 9.59 Å². The molecule has 2 aliphatic rings. The van der Waals surface area contributed by atoms with Gasteiger partial charge in [-0.2, -0.15) is 4.80 Å². The van der Waals surface area contributed by atoms with Crippen LogP contribution in [0.2, 0.25) is 0 Å². The van der Waals surface area contributed by atoms with Crippen LogP contribution in [0.5, 0.6) is 0 Å². The lowest BCUT2D eigenvalue weighted by molar-refractivity contribution is -0.142. The number of furan rings is 1. The summed E-state index contributed by atoms with van der Waals surface area (Å²) in [6.07, 6.45) is 5.69. The van der Waals surface area contributed by atoms with Crippen LogP contribution in [0.3, 0.4) is 0 Å². The highest BCUT2D eigenvalue weighted by molar-refractivity contribution is 5.87. The van der Waals surface area contributed by atoms with E-state index in [2.05, 4.69) is 25.6 Å². The molecule has 11 nitrogen and oxygen atoms in total. The van der Waals surface area contributed by atoms with Gasteiger partial charge in [0.1, 0.15) is 18.3 Å². The number of nitrogens with one attached hydrogen (secondary N) is 1. The van der Waals surface area contributed by atoms with Crippen LogP contribution in [0.4, 0.5) is 0 Å². The van der Waals surface area contributed by atoms with Crippen molar-refractivity contribution in [2.45, 2.75) is 71.0 Å². The van der Waals surface area contributed by atoms with Crippen molar-refractivity contribution in [1.29, 1.82) is 0 Å². The molecule has 0 bridgehead atoms. The maximum Gasteiger partial charge on any atom is 0.246 e. The molecule has 0 radical (unpaired) electrons. The van der Waals surface area contributed by atoms with E-state index in [0.717, 1.165) is 51.0 Å². The lowest BCUT2D eigenvalue weighted by Crippen LogP contribution is -2.54. The molecule has 1 atom stereocenters. The number of nitrogens with zero attached hydrogens (tertiary/aromatic N) is 6. The Morgan fingerprint density at radius 2 is 2.00 bits per heavy atom. The van der Waals surface area contributed by atoms with Gasteiger partial charge in [-0.05, 0) is 43.5 Å². The molecule has 1 N–H and O–H groups in total. The smallest absolute Gasteiger partial charge is 0.246 e. The van der Waals surface area contributed by atoms with Crippen molar-refractivity contribution in [3.05, 3.63) is 17.9 Å². The topological polar surface area (TPSA) is 119 Å². The third-order valence-electron chi connectivity index (χ3n) is 6.71. The van der Waals surface area contributed by atoms with Crippen LogP contribution in [-0.4, -0.2) is 93.3 Å². The molecule has 2 aromatic heterocycles. The number of ether oxygens (including phenoxy) is 1. The van der Waals surface area contributed by atoms with Crippen molar-refractivity contribution in [3.63, 3.8) is 0 Å². The zero-order valence-corrected chi connectivity index (χ0v) is 20.8. The maximum absolute atomic E-state index is 13.5. The largest absolute Gasteiger partial charge is 0.458 e. The highest BCUT2D eigenvalue weighted by atomic mass is 16.5. The van der Waals surface area contributed by atoms with Gasteiger partial charge < -0.3 is 19.4 Å². The molecular weight excluding hydrogens is 450 g/mol. The fourth-order valence-corrected chi connectivity index (χ4v) is 4.77. The van der Waals surface area contributed by atoms with Gasteiger partial charge in [-0.25, -0.2) is 0 Å². The molecule has 35 heavy (non-hydrogen) atoms. The van der Waals surface area contributed by atoms with Gasteiger partial charge in [0, 0.05) is 32.2 Å². The van der Waals surface area contributed by atoms with E-state index in [1.54, 1.807) is 11.0 Å². The Balaban J connectivity index is 1.47. The second-order valence-corrected chi connectivity index (χ2v) is 9.39. The first-order valence-corrected chi connectivity index (χ1v) is 12.8. The molecule has 0 aromatic carbocycles. The molecule has 192 valence electrons. The fourth-order valence-electron chi connectivity index (χ4n) is 4.77. The lowest BCUT2D eigenvalue weighted by Gasteiger charge is -2.34. The molecule has 0 spiro atoms. The van der Waals surface area contributed by atoms with Crippen LogP contribution in [0.15, 0.2) is 16.5 Å². The number of hydrogen-bond acceptors (Lipinski definition) is 8. The second-order valence-electron chi connectivity index (χ2n) is 9.39. The van der Waals surface area contributed by atoms with Gasteiger partial charge in [0.25, 0.3) is 0 Å². The van der Waals surface area contributed by atoms with Crippen LogP contribution in [-0.2, 0) is 20.9 Å². The van der Waals surface area contributed by atoms with Gasteiger partial charge in [0.2, 0.25) is 17.6 Å². The first-order valence-electron chi connectivity index (χ1n) is 12.8. The number of carbonyl (C=O) groups is 2. The number of aryl methyl sites for hydroxylation is 1. The molecule has 1 aliphatic heterocycles. The highest BCUT2D eigenvalue weighted by Gasteiger charge is 2.32. The third kappa shape index (κ3) is 6.88. The average Bonchev–Trinajstić information content (AvgIpc) is 3.62. The number of hydrogen-bond donors (Lipinski definition) is 1. The van der Waals surface area contributed by atoms with Crippen LogP contribution < -0.4 is 5.32 Å². The molecule has 0 unspecified atom stereocenters. The maximum atomic E-state index is 13.5. The van der Waals surface area contributed by atoms with E-state index < -0.39 is 6.04 Å². The van der Waals surface area contributed by atoms with Crippen molar-refractivity contribution in [3.8, 4) is 11.6 Å². The monoisotopic (exact) mass is 487 g/mol. The minimum atomic E-state index is -0.523. The Morgan fingerprint density at radius 3 is 2.69 bits per heavy atom. The summed E-state index contributed by atoms with van der Waals surface area (Å²) in [4.78, 5) is 32.1. The average molecular weight is 488 g/mol. The predicted molar refractivity (Wildman–Crippen MR) is 128 cm³/mol. The minimum absolute atomic E-state index is 0.0626. The van der Waals surface area contributed by atoms with Crippen LogP contribution in [0, 0.1) is 6.92 Å². The number of rotatable bonds is 11. The number of carbonyl (C=O) groups excluding carboxylic acids is 2. The summed E-state index contributed by atoms with van der Waals surface area (Å²) in [5, 5.41) is 15.6. The van der Waals surface area contributed by atoms with Crippen molar-refractivity contribution < 1.29 is 18.7 Å². The number of amides is 2. The van der Waals surface area contributed by atoms with E-state index in [0.29, 0.717) is 44.3 Å². The standard InChI is InChI=1S/C24H37N7O4/c1-3-6-20(24(33)25-19-7-4-5-8-19)30(12-11-29-13-15-34-16-14-29)22(32)17-31-27-23(26-28-31)21-10-9-18(2)35-21/h9-10,19-20H,3-8,11-17H2,1-2H3,(H,25,33)/t20-/m1/s1. The Kier molecular flexibility index (Phi) is 8.86. The molecule has 2 amide bonds. The summed E-state index contributed by atoms with van der Waals surface area (Å²) in [7, 11) is 0. The normalized spacial score (nSPS) is 18.0. The van der Waals surface area contributed by atoms with Crippen LogP contribution in [0.1, 0.15) is 51.2 Å². The molecule has 3 heterocycles. The zero-order valence-electron chi connectivity index (χ0n) is 20.8. The highest BCUT2D eigenvalue weighted by Crippen LogP contribution is 2.19. The Hall–Kier alpha value is -2.79. The van der Waals surface area contributed by atoms with Crippen molar-refractivity contribution in [2.24, 2.45) is 0 Å². The summed E-state index contributed by atoms with van der Waals surface area (Å²) in [5.74, 6) is 1.32. The Morgan fingerprint density at radius 1 is 1.23 bits per heavy atom. The van der Waals surface area contributed by atoms with Gasteiger partial charge in [-0.1, -0.05) is 26.2 Å². The van der Waals surface area contributed by atoms with Crippen molar-refractivity contribution in [1.82, 2.24) is 35.3 Å². The number of morpholine rings is 1. The molecule has 2 fully saturated rings. The fraction of sp³-hybridized carbons (Fsp3) is 0.708. The SMILES string of the molecule is CCC[C@H](C(=O)NC1CCCC1)N(CCN1CCOCC1)C(=O)Cn1nnc(-c2ccc(C)o2)n1. The van der Waals surface area contributed by atoms with Gasteiger partial charge in [-0.3, -0.25) is 14.5 Å². The second kappa shape index (κ2) is 12.3. The predicted octanol–water partition coefficient (Wildman–Crippen LogP) is 1.63. The van der Waals surface area contributed by atoms with Gasteiger partial charge in [0.05, 0.1) is 13.2 Å². The summed E-state index contributed by atoms with van der Waals surface area (Å²) in [5.41, 5.74) is 0. The minimum Gasteiger partial charge on any atom is -0.458 e. The van der Waals surface area contributed by atoms with Gasteiger partial charge >= 0.3 is 0 Å². The summed E-state index contributed by atoms with van der Waals surface area (Å²) in [6.45, 7) is 7.96.